The first kappa shape index (κ1) is 15.7. The number of nitrogens with one attached hydrogen (secondary N) is 1. The average Bonchev–Trinajstić information content (AvgIpc) is 3.00. The summed E-state index contributed by atoms with van der Waals surface area (Å²) in [4.78, 5) is 12.1. The molecule has 21 heavy (non-hydrogen) atoms. The van der Waals surface area contributed by atoms with Crippen LogP contribution in [0.25, 0.3) is 0 Å². The molecule has 116 valence electrons. The summed E-state index contributed by atoms with van der Waals surface area (Å²) in [5, 5.41) is 2.99. The summed E-state index contributed by atoms with van der Waals surface area (Å²) in [6, 6.07) is 3.70. The number of anilines is 1. The molecule has 0 spiro atoms. The molecule has 4 heteroatoms. The molecule has 1 N–H and O–H groups in total. The minimum absolute atomic E-state index is 0.0808. The van der Waals surface area contributed by atoms with Crippen LogP contribution in [0.4, 0.5) is 5.69 Å². The van der Waals surface area contributed by atoms with Crippen LogP contribution in [-0.2, 0) is 4.79 Å². The smallest absolute Gasteiger partial charge is 0.224 e. The van der Waals surface area contributed by atoms with E-state index >= 15 is 0 Å². The largest absolute Gasteiger partial charge is 0.493 e. The highest BCUT2D eigenvalue weighted by Gasteiger charge is 2.17. The highest BCUT2D eigenvalue weighted by Crippen LogP contribution is 2.33. The number of carbonyl (C=O) groups is 1. The van der Waals surface area contributed by atoms with Gasteiger partial charge in [-0.2, -0.15) is 0 Å². The van der Waals surface area contributed by atoms with E-state index < -0.39 is 0 Å². The second-order valence-electron chi connectivity index (χ2n) is 5.76. The SMILES string of the molecule is COc1cc(C)c(NC(=O)CCC2CCCC2)cc1OC. The van der Waals surface area contributed by atoms with Gasteiger partial charge in [0.2, 0.25) is 5.91 Å². The number of ether oxygens (including phenoxy) is 2. The van der Waals surface area contributed by atoms with Crippen molar-refractivity contribution in [3.63, 3.8) is 0 Å². The first-order chi connectivity index (χ1) is 10.1. The zero-order valence-electron chi connectivity index (χ0n) is 13.2. The molecule has 0 atom stereocenters. The number of carbonyl (C=O) groups excluding carboxylic acids is 1. The van der Waals surface area contributed by atoms with Gasteiger partial charge in [0.1, 0.15) is 0 Å². The molecular weight excluding hydrogens is 266 g/mol. The molecule has 1 saturated carbocycles. The number of hydrogen-bond acceptors (Lipinski definition) is 3. The molecule has 1 aromatic rings. The maximum absolute atomic E-state index is 12.1. The third kappa shape index (κ3) is 4.13. The summed E-state index contributed by atoms with van der Waals surface area (Å²) < 4.78 is 10.5. The topological polar surface area (TPSA) is 47.6 Å². The summed E-state index contributed by atoms with van der Waals surface area (Å²) >= 11 is 0. The Labute approximate surface area is 126 Å². The fraction of sp³-hybridized carbons (Fsp3) is 0.588. The van der Waals surface area contributed by atoms with E-state index in [0.29, 0.717) is 17.9 Å². The van der Waals surface area contributed by atoms with Gasteiger partial charge in [0.05, 0.1) is 14.2 Å². The minimum atomic E-state index is 0.0808. The zero-order chi connectivity index (χ0) is 15.2. The van der Waals surface area contributed by atoms with Crippen LogP contribution in [0.15, 0.2) is 12.1 Å². The van der Waals surface area contributed by atoms with Crippen molar-refractivity contribution in [1.29, 1.82) is 0 Å². The van der Waals surface area contributed by atoms with Crippen LogP contribution < -0.4 is 14.8 Å². The normalized spacial score (nSPS) is 15.0. The molecule has 1 aliphatic rings. The van der Waals surface area contributed by atoms with Crippen LogP contribution in [0.5, 0.6) is 11.5 Å². The molecule has 0 radical (unpaired) electrons. The van der Waals surface area contributed by atoms with Crippen LogP contribution in [0, 0.1) is 12.8 Å². The molecule has 1 amide bonds. The molecule has 0 unspecified atom stereocenters. The van der Waals surface area contributed by atoms with Gasteiger partial charge in [-0.3, -0.25) is 4.79 Å². The Morgan fingerprint density at radius 2 is 1.81 bits per heavy atom. The van der Waals surface area contributed by atoms with Crippen molar-refractivity contribution in [3.05, 3.63) is 17.7 Å². The van der Waals surface area contributed by atoms with Crippen LogP contribution in [0.3, 0.4) is 0 Å². The monoisotopic (exact) mass is 291 g/mol. The van der Waals surface area contributed by atoms with Gasteiger partial charge in [-0.15, -0.1) is 0 Å². The van der Waals surface area contributed by atoms with E-state index in [1.54, 1.807) is 14.2 Å². The molecule has 0 heterocycles. The lowest BCUT2D eigenvalue weighted by molar-refractivity contribution is -0.116. The number of rotatable bonds is 6. The van der Waals surface area contributed by atoms with E-state index in [2.05, 4.69) is 5.32 Å². The molecule has 1 fully saturated rings. The number of hydrogen-bond donors (Lipinski definition) is 1. The van der Waals surface area contributed by atoms with Gasteiger partial charge in [-0.25, -0.2) is 0 Å². The Balaban J connectivity index is 1.96. The van der Waals surface area contributed by atoms with Crippen molar-refractivity contribution in [1.82, 2.24) is 0 Å². The van der Waals surface area contributed by atoms with Crippen LogP contribution in [0.2, 0.25) is 0 Å². The van der Waals surface area contributed by atoms with Gasteiger partial charge in [0.15, 0.2) is 11.5 Å². The molecule has 4 nitrogen and oxygen atoms in total. The highest BCUT2D eigenvalue weighted by molar-refractivity contribution is 5.92. The van der Waals surface area contributed by atoms with Crippen molar-refractivity contribution in [2.45, 2.75) is 45.4 Å². The quantitative estimate of drug-likeness (QED) is 0.864. The highest BCUT2D eigenvalue weighted by atomic mass is 16.5. The third-order valence-corrected chi connectivity index (χ3v) is 4.26. The maximum atomic E-state index is 12.1. The average molecular weight is 291 g/mol. The van der Waals surface area contributed by atoms with E-state index in [-0.39, 0.29) is 5.91 Å². The van der Waals surface area contributed by atoms with Gasteiger partial charge in [0, 0.05) is 18.2 Å². The number of benzene rings is 1. The lowest BCUT2D eigenvalue weighted by Crippen LogP contribution is -2.13. The van der Waals surface area contributed by atoms with Gasteiger partial charge >= 0.3 is 0 Å². The molecular formula is C17H25NO3. The molecule has 0 aliphatic heterocycles. The standard InChI is InChI=1S/C17H25NO3/c1-12-10-15(20-2)16(21-3)11-14(12)18-17(19)9-8-13-6-4-5-7-13/h10-11,13H,4-9H2,1-3H3,(H,18,19). The summed E-state index contributed by atoms with van der Waals surface area (Å²) in [7, 11) is 3.20. The zero-order valence-corrected chi connectivity index (χ0v) is 13.2. The maximum Gasteiger partial charge on any atom is 0.224 e. The first-order valence-corrected chi connectivity index (χ1v) is 7.66. The predicted molar refractivity (Wildman–Crippen MR) is 84.1 cm³/mol. The van der Waals surface area contributed by atoms with E-state index in [4.69, 9.17) is 9.47 Å². The van der Waals surface area contributed by atoms with Gasteiger partial charge in [0.25, 0.3) is 0 Å². The predicted octanol–water partition coefficient (Wildman–Crippen LogP) is 3.92. The summed E-state index contributed by atoms with van der Waals surface area (Å²) in [5.41, 5.74) is 1.77. The Kier molecular flexibility index (Phi) is 5.48. The molecule has 2 rings (SSSR count). The van der Waals surface area contributed by atoms with Crippen molar-refractivity contribution in [2.75, 3.05) is 19.5 Å². The molecule has 0 saturated heterocycles. The van der Waals surface area contributed by atoms with E-state index in [1.165, 1.54) is 25.7 Å². The fourth-order valence-corrected chi connectivity index (χ4v) is 2.96. The second kappa shape index (κ2) is 7.34. The second-order valence-corrected chi connectivity index (χ2v) is 5.76. The van der Waals surface area contributed by atoms with Crippen molar-refractivity contribution < 1.29 is 14.3 Å². The van der Waals surface area contributed by atoms with Crippen LogP contribution >= 0.6 is 0 Å². The molecule has 0 aromatic heterocycles. The van der Waals surface area contributed by atoms with Gasteiger partial charge < -0.3 is 14.8 Å². The van der Waals surface area contributed by atoms with Crippen LogP contribution in [-0.4, -0.2) is 20.1 Å². The van der Waals surface area contributed by atoms with Crippen molar-refractivity contribution >= 4 is 11.6 Å². The van der Waals surface area contributed by atoms with Crippen molar-refractivity contribution in [3.8, 4) is 11.5 Å². The number of amides is 1. The Hall–Kier alpha value is -1.71. The summed E-state index contributed by atoms with van der Waals surface area (Å²) in [6.45, 7) is 1.95. The van der Waals surface area contributed by atoms with Crippen molar-refractivity contribution in [2.24, 2.45) is 5.92 Å². The molecule has 1 aliphatic carbocycles. The number of aryl methyl sites for hydroxylation is 1. The Bertz CT molecular complexity index is 493. The lowest BCUT2D eigenvalue weighted by atomic mass is 10.0. The lowest BCUT2D eigenvalue weighted by Gasteiger charge is -2.14. The summed E-state index contributed by atoms with van der Waals surface area (Å²) in [6.07, 6.45) is 6.80. The first-order valence-electron chi connectivity index (χ1n) is 7.66. The Morgan fingerprint density at radius 1 is 1.19 bits per heavy atom. The van der Waals surface area contributed by atoms with E-state index in [0.717, 1.165) is 23.6 Å². The minimum Gasteiger partial charge on any atom is -0.493 e. The van der Waals surface area contributed by atoms with E-state index in [9.17, 15) is 4.79 Å². The van der Waals surface area contributed by atoms with Gasteiger partial charge in [-0.05, 0) is 30.9 Å². The molecule has 1 aromatic carbocycles. The van der Waals surface area contributed by atoms with E-state index in [1.807, 2.05) is 19.1 Å². The summed E-state index contributed by atoms with van der Waals surface area (Å²) in [5.74, 6) is 2.13. The van der Waals surface area contributed by atoms with Crippen LogP contribution in [0.1, 0.15) is 44.1 Å². The number of methoxy groups -OCH3 is 2. The third-order valence-electron chi connectivity index (χ3n) is 4.26. The fourth-order valence-electron chi connectivity index (χ4n) is 2.96. The van der Waals surface area contributed by atoms with Gasteiger partial charge in [-0.1, -0.05) is 25.7 Å². The molecule has 0 bridgehead atoms. The Morgan fingerprint density at radius 3 is 2.43 bits per heavy atom.